The first-order valence-electron chi connectivity index (χ1n) is 7.35. The van der Waals surface area contributed by atoms with E-state index in [9.17, 15) is 9.59 Å². The minimum absolute atomic E-state index is 0.136. The molecule has 1 amide bonds. The van der Waals surface area contributed by atoms with Gasteiger partial charge in [0.1, 0.15) is 0 Å². The van der Waals surface area contributed by atoms with E-state index in [1.165, 1.54) is 11.8 Å². The van der Waals surface area contributed by atoms with Gasteiger partial charge in [-0.3, -0.25) is 9.36 Å². The number of carbonyl (C=O) groups is 1. The van der Waals surface area contributed by atoms with Crippen molar-refractivity contribution in [2.24, 2.45) is 0 Å². The van der Waals surface area contributed by atoms with Crippen molar-refractivity contribution >= 4 is 39.3 Å². The van der Waals surface area contributed by atoms with Crippen LogP contribution in [0.15, 0.2) is 32.6 Å². The Bertz CT molecular complexity index is 741. The van der Waals surface area contributed by atoms with Crippen LogP contribution in [0.3, 0.4) is 0 Å². The van der Waals surface area contributed by atoms with Crippen LogP contribution >= 0.6 is 27.7 Å². The number of anilines is 1. The maximum Gasteiger partial charge on any atom is 0.343 e. The van der Waals surface area contributed by atoms with Gasteiger partial charge in [-0.05, 0) is 31.0 Å². The number of H-pyrrole nitrogens is 1. The molecule has 1 heterocycles. The molecular formula is C15H19BrN4O2S. The summed E-state index contributed by atoms with van der Waals surface area (Å²) >= 11 is 4.69. The van der Waals surface area contributed by atoms with Gasteiger partial charge in [-0.2, -0.15) is 0 Å². The van der Waals surface area contributed by atoms with E-state index in [0.29, 0.717) is 11.7 Å². The number of thioether (sulfide) groups is 1. The maximum atomic E-state index is 12.0. The first-order valence-corrected chi connectivity index (χ1v) is 9.13. The summed E-state index contributed by atoms with van der Waals surface area (Å²) in [6.45, 7) is 4.66. The fourth-order valence-electron chi connectivity index (χ4n) is 1.92. The molecule has 23 heavy (non-hydrogen) atoms. The molecule has 0 radical (unpaired) electrons. The number of halogens is 1. The fourth-order valence-corrected chi connectivity index (χ4v) is 3.08. The largest absolute Gasteiger partial charge is 0.343 e. The highest BCUT2D eigenvalue weighted by atomic mass is 79.9. The van der Waals surface area contributed by atoms with Gasteiger partial charge in [0.2, 0.25) is 5.91 Å². The normalized spacial score (nSPS) is 10.7. The Morgan fingerprint density at radius 1 is 1.48 bits per heavy atom. The fraction of sp³-hybridized carbons (Fsp3) is 0.400. The van der Waals surface area contributed by atoms with Crippen molar-refractivity contribution in [2.45, 2.75) is 38.4 Å². The molecule has 1 aromatic carbocycles. The summed E-state index contributed by atoms with van der Waals surface area (Å²) in [6, 6.07) is 5.65. The lowest BCUT2D eigenvalue weighted by Gasteiger charge is -2.07. The molecular weight excluding hydrogens is 380 g/mol. The molecule has 0 saturated carbocycles. The summed E-state index contributed by atoms with van der Waals surface area (Å²) in [4.78, 5) is 23.7. The third-order valence-electron chi connectivity index (χ3n) is 3.25. The number of benzene rings is 1. The number of rotatable bonds is 7. The summed E-state index contributed by atoms with van der Waals surface area (Å²) in [5.41, 5.74) is 1.61. The predicted molar refractivity (Wildman–Crippen MR) is 96.0 cm³/mol. The number of carbonyl (C=O) groups excluding carboxylic acids is 1. The Morgan fingerprint density at radius 2 is 2.26 bits per heavy atom. The van der Waals surface area contributed by atoms with Crippen LogP contribution in [0.2, 0.25) is 0 Å². The molecule has 8 heteroatoms. The highest BCUT2D eigenvalue weighted by Gasteiger charge is 2.11. The zero-order chi connectivity index (χ0) is 16.8. The van der Waals surface area contributed by atoms with Gasteiger partial charge in [0.15, 0.2) is 5.16 Å². The number of nitrogens with zero attached hydrogens (tertiary/aromatic N) is 2. The Hall–Kier alpha value is -1.54. The zero-order valence-corrected chi connectivity index (χ0v) is 15.5. The van der Waals surface area contributed by atoms with Crippen molar-refractivity contribution in [3.8, 4) is 0 Å². The van der Waals surface area contributed by atoms with Crippen molar-refractivity contribution in [3.63, 3.8) is 0 Å². The Balaban J connectivity index is 1.94. The van der Waals surface area contributed by atoms with Crippen molar-refractivity contribution in [2.75, 3.05) is 11.1 Å². The molecule has 0 spiro atoms. The van der Waals surface area contributed by atoms with E-state index in [1.807, 2.05) is 25.1 Å². The molecule has 6 nitrogen and oxygen atoms in total. The third kappa shape index (κ3) is 4.97. The molecule has 0 fully saturated rings. The van der Waals surface area contributed by atoms with Gasteiger partial charge >= 0.3 is 5.69 Å². The van der Waals surface area contributed by atoms with Crippen LogP contribution < -0.4 is 11.0 Å². The molecule has 0 unspecified atom stereocenters. The quantitative estimate of drug-likeness (QED) is 0.701. The summed E-state index contributed by atoms with van der Waals surface area (Å²) in [6.07, 6.45) is 1.89. The zero-order valence-electron chi connectivity index (χ0n) is 13.1. The van der Waals surface area contributed by atoms with Gasteiger partial charge in [-0.25, -0.2) is 9.89 Å². The number of amides is 1. The molecule has 1 aromatic heterocycles. The highest BCUT2D eigenvalue weighted by Crippen LogP contribution is 2.21. The van der Waals surface area contributed by atoms with Crippen LogP contribution in [0.4, 0.5) is 5.69 Å². The number of aromatic amines is 1. The van der Waals surface area contributed by atoms with Crippen molar-refractivity contribution in [1.82, 2.24) is 14.8 Å². The Morgan fingerprint density at radius 3 is 2.96 bits per heavy atom. The number of nitrogens with one attached hydrogen (secondary N) is 2. The second kappa shape index (κ2) is 8.35. The summed E-state index contributed by atoms with van der Waals surface area (Å²) < 4.78 is 2.52. The number of aromatic nitrogens is 3. The molecule has 2 N–H and O–H groups in total. The number of unbranched alkanes of at least 4 members (excludes halogenated alkanes) is 1. The first kappa shape index (κ1) is 17.8. The van der Waals surface area contributed by atoms with Gasteiger partial charge in [0, 0.05) is 16.7 Å². The molecule has 0 atom stereocenters. The minimum atomic E-state index is -0.233. The molecule has 0 bridgehead atoms. The van der Waals surface area contributed by atoms with E-state index >= 15 is 0 Å². The summed E-state index contributed by atoms with van der Waals surface area (Å²) in [7, 11) is 0. The monoisotopic (exact) mass is 398 g/mol. The molecule has 0 aliphatic rings. The van der Waals surface area contributed by atoms with Crippen LogP contribution in [-0.2, 0) is 11.3 Å². The second-order valence-corrected chi connectivity index (χ2v) is 6.91. The summed E-state index contributed by atoms with van der Waals surface area (Å²) in [5, 5.41) is 9.79. The lowest BCUT2D eigenvalue weighted by molar-refractivity contribution is -0.113. The van der Waals surface area contributed by atoms with Gasteiger partial charge in [0.25, 0.3) is 0 Å². The standard InChI is InChI=1S/C15H19BrN4O2S/c1-3-4-7-20-14(22)18-19-15(20)23-9-13(21)17-11-6-5-10(2)12(16)8-11/h5-6,8H,3-4,7,9H2,1-2H3,(H,17,21)(H,18,22). The van der Waals surface area contributed by atoms with Crippen molar-refractivity contribution in [3.05, 3.63) is 38.7 Å². The van der Waals surface area contributed by atoms with Crippen molar-refractivity contribution in [1.29, 1.82) is 0 Å². The Kier molecular flexibility index (Phi) is 6.47. The third-order valence-corrected chi connectivity index (χ3v) is 5.08. The SMILES string of the molecule is CCCCn1c(SCC(=O)Nc2ccc(C)c(Br)c2)n[nH]c1=O. The first-order chi connectivity index (χ1) is 11.0. The topological polar surface area (TPSA) is 79.8 Å². The number of hydrogen-bond donors (Lipinski definition) is 2. The van der Waals surface area contributed by atoms with E-state index in [4.69, 9.17) is 0 Å². The average molecular weight is 399 g/mol. The smallest absolute Gasteiger partial charge is 0.325 e. The van der Waals surface area contributed by atoms with Crippen LogP contribution in [0.1, 0.15) is 25.3 Å². The van der Waals surface area contributed by atoms with E-state index in [1.54, 1.807) is 4.57 Å². The second-order valence-electron chi connectivity index (χ2n) is 5.12. The molecule has 0 saturated heterocycles. The molecule has 2 rings (SSSR count). The van der Waals surface area contributed by atoms with Gasteiger partial charge in [-0.1, -0.05) is 47.1 Å². The van der Waals surface area contributed by atoms with E-state index < -0.39 is 0 Å². The molecule has 0 aliphatic carbocycles. The van der Waals surface area contributed by atoms with Gasteiger partial charge < -0.3 is 5.32 Å². The van der Waals surface area contributed by atoms with Crippen LogP contribution in [0, 0.1) is 6.92 Å². The van der Waals surface area contributed by atoms with E-state index in [-0.39, 0.29) is 17.3 Å². The molecule has 124 valence electrons. The van der Waals surface area contributed by atoms with Crippen LogP contribution in [0.25, 0.3) is 0 Å². The van der Waals surface area contributed by atoms with E-state index in [0.717, 1.165) is 28.6 Å². The average Bonchev–Trinajstić information content (AvgIpc) is 2.87. The predicted octanol–water partition coefficient (Wildman–Crippen LogP) is 3.17. The molecule has 0 aliphatic heterocycles. The Labute approximate surface area is 147 Å². The number of aryl methyl sites for hydroxylation is 1. The van der Waals surface area contributed by atoms with Crippen LogP contribution in [-0.4, -0.2) is 26.4 Å². The van der Waals surface area contributed by atoms with E-state index in [2.05, 4.69) is 38.4 Å². The van der Waals surface area contributed by atoms with Crippen LogP contribution in [0.5, 0.6) is 0 Å². The van der Waals surface area contributed by atoms with Crippen molar-refractivity contribution < 1.29 is 4.79 Å². The maximum absolute atomic E-state index is 12.0. The number of hydrogen-bond acceptors (Lipinski definition) is 4. The van der Waals surface area contributed by atoms with Gasteiger partial charge in [0.05, 0.1) is 5.75 Å². The molecule has 2 aromatic rings. The highest BCUT2D eigenvalue weighted by molar-refractivity contribution is 9.10. The minimum Gasteiger partial charge on any atom is -0.325 e. The lowest BCUT2D eigenvalue weighted by Crippen LogP contribution is -2.19. The summed E-state index contributed by atoms with van der Waals surface area (Å²) in [5.74, 6) is 0.0605. The van der Waals surface area contributed by atoms with Gasteiger partial charge in [-0.15, -0.1) is 5.10 Å². The lowest BCUT2D eigenvalue weighted by atomic mass is 10.2.